The van der Waals surface area contributed by atoms with Gasteiger partial charge in [-0.05, 0) is 18.1 Å². The molecule has 2 rings (SSSR count). The lowest BCUT2D eigenvalue weighted by Crippen LogP contribution is -2.26. The molecular weight excluding hydrogens is 280 g/mol. The molecule has 1 aromatic carbocycles. The molecule has 0 aliphatic carbocycles. The number of aromatic nitrogens is 3. The number of nitrogens with one attached hydrogen (secondary N) is 2. The summed E-state index contributed by atoms with van der Waals surface area (Å²) >= 11 is 0. The standard InChI is InChI=1S/C12H16N4O3S/c17-8-10-4-1-2-5-11(10)20(18,19)15-7-3-6-12-13-9-14-16-12/h1-2,4-5,9,15,17H,3,6-8H2,(H,13,14,16). The summed E-state index contributed by atoms with van der Waals surface area (Å²) in [6, 6.07) is 6.38. The van der Waals surface area contributed by atoms with E-state index in [1.165, 1.54) is 12.4 Å². The number of hydrogen-bond donors (Lipinski definition) is 3. The Bertz CT molecular complexity index is 640. The fourth-order valence-electron chi connectivity index (χ4n) is 1.79. The van der Waals surface area contributed by atoms with Gasteiger partial charge in [0.2, 0.25) is 10.0 Å². The van der Waals surface area contributed by atoms with E-state index in [1.807, 2.05) is 0 Å². The highest BCUT2D eigenvalue weighted by molar-refractivity contribution is 7.89. The zero-order valence-electron chi connectivity index (χ0n) is 10.8. The topological polar surface area (TPSA) is 108 Å². The number of hydrogen-bond acceptors (Lipinski definition) is 5. The monoisotopic (exact) mass is 296 g/mol. The van der Waals surface area contributed by atoms with Gasteiger partial charge in [-0.3, -0.25) is 5.10 Å². The molecule has 0 radical (unpaired) electrons. The summed E-state index contributed by atoms with van der Waals surface area (Å²) in [7, 11) is -3.60. The molecule has 108 valence electrons. The second-order valence-electron chi connectivity index (χ2n) is 4.20. The molecule has 8 heteroatoms. The third-order valence-electron chi connectivity index (χ3n) is 2.78. The van der Waals surface area contributed by atoms with E-state index in [9.17, 15) is 8.42 Å². The van der Waals surface area contributed by atoms with Crippen molar-refractivity contribution in [2.45, 2.75) is 24.3 Å². The quantitative estimate of drug-likeness (QED) is 0.633. The number of aryl methyl sites for hydroxylation is 1. The van der Waals surface area contributed by atoms with Crippen molar-refractivity contribution < 1.29 is 13.5 Å². The first-order valence-electron chi connectivity index (χ1n) is 6.16. The van der Waals surface area contributed by atoms with Crippen molar-refractivity contribution in [1.29, 1.82) is 0 Å². The molecule has 0 saturated heterocycles. The molecule has 0 atom stereocenters. The molecule has 7 nitrogen and oxygen atoms in total. The second-order valence-corrected chi connectivity index (χ2v) is 5.93. The lowest BCUT2D eigenvalue weighted by Gasteiger charge is -2.09. The number of nitrogens with zero attached hydrogens (tertiary/aromatic N) is 2. The van der Waals surface area contributed by atoms with Crippen LogP contribution in [-0.4, -0.2) is 35.3 Å². The molecule has 0 aliphatic heterocycles. The fraction of sp³-hybridized carbons (Fsp3) is 0.333. The van der Waals surface area contributed by atoms with Crippen LogP contribution in [0.5, 0.6) is 0 Å². The van der Waals surface area contributed by atoms with Crippen LogP contribution in [0, 0.1) is 0 Å². The van der Waals surface area contributed by atoms with Gasteiger partial charge in [0.15, 0.2) is 0 Å². The third-order valence-corrected chi connectivity index (χ3v) is 4.34. The summed E-state index contributed by atoms with van der Waals surface area (Å²) in [6.45, 7) is -0.0159. The molecule has 20 heavy (non-hydrogen) atoms. The van der Waals surface area contributed by atoms with Crippen LogP contribution in [-0.2, 0) is 23.1 Å². The summed E-state index contributed by atoms with van der Waals surface area (Å²) < 4.78 is 26.7. The number of sulfonamides is 1. The van der Waals surface area contributed by atoms with Gasteiger partial charge in [0.05, 0.1) is 11.5 Å². The van der Waals surface area contributed by atoms with Crippen LogP contribution in [0.25, 0.3) is 0 Å². The van der Waals surface area contributed by atoms with Crippen LogP contribution < -0.4 is 4.72 Å². The van der Waals surface area contributed by atoms with E-state index in [-0.39, 0.29) is 11.5 Å². The van der Waals surface area contributed by atoms with Crippen LogP contribution in [0.4, 0.5) is 0 Å². The number of aromatic amines is 1. The number of H-pyrrole nitrogens is 1. The minimum absolute atomic E-state index is 0.113. The lowest BCUT2D eigenvalue weighted by atomic mass is 10.2. The SMILES string of the molecule is O=S(=O)(NCCCc1ncn[nH]1)c1ccccc1CO. The largest absolute Gasteiger partial charge is 0.392 e. The van der Waals surface area contributed by atoms with E-state index in [0.717, 1.165) is 5.82 Å². The highest BCUT2D eigenvalue weighted by Gasteiger charge is 2.16. The van der Waals surface area contributed by atoms with Crippen LogP contribution >= 0.6 is 0 Å². The molecule has 0 spiro atoms. The normalized spacial score (nSPS) is 11.7. The number of benzene rings is 1. The minimum atomic E-state index is -3.60. The zero-order valence-corrected chi connectivity index (χ0v) is 11.6. The smallest absolute Gasteiger partial charge is 0.240 e. The minimum Gasteiger partial charge on any atom is -0.392 e. The molecule has 0 aliphatic rings. The van der Waals surface area contributed by atoms with Crippen molar-refractivity contribution in [2.24, 2.45) is 0 Å². The van der Waals surface area contributed by atoms with E-state index < -0.39 is 10.0 Å². The summed E-state index contributed by atoms with van der Waals surface area (Å²) in [6.07, 6.45) is 2.64. The Morgan fingerprint density at radius 3 is 2.80 bits per heavy atom. The van der Waals surface area contributed by atoms with Crippen LogP contribution in [0.3, 0.4) is 0 Å². The van der Waals surface area contributed by atoms with Gasteiger partial charge in [-0.15, -0.1) is 0 Å². The molecule has 1 heterocycles. The zero-order chi connectivity index (χ0) is 14.4. The Morgan fingerprint density at radius 1 is 1.30 bits per heavy atom. The third kappa shape index (κ3) is 3.62. The Morgan fingerprint density at radius 2 is 2.10 bits per heavy atom. The lowest BCUT2D eigenvalue weighted by molar-refractivity contribution is 0.278. The fourth-order valence-corrected chi connectivity index (χ4v) is 3.09. The van der Waals surface area contributed by atoms with E-state index in [1.54, 1.807) is 18.2 Å². The number of rotatable bonds is 7. The van der Waals surface area contributed by atoms with Gasteiger partial charge in [-0.1, -0.05) is 18.2 Å². The maximum absolute atomic E-state index is 12.1. The van der Waals surface area contributed by atoms with Gasteiger partial charge in [-0.25, -0.2) is 18.1 Å². The molecule has 3 N–H and O–H groups in total. The van der Waals surface area contributed by atoms with E-state index in [2.05, 4.69) is 19.9 Å². The second kappa shape index (κ2) is 6.60. The molecule has 0 unspecified atom stereocenters. The number of aliphatic hydroxyl groups is 1. The van der Waals surface area contributed by atoms with Crippen molar-refractivity contribution in [2.75, 3.05) is 6.54 Å². The summed E-state index contributed by atoms with van der Waals surface area (Å²) in [5, 5.41) is 15.6. The molecule has 0 amide bonds. The van der Waals surface area contributed by atoms with Crippen LogP contribution in [0.2, 0.25) is 0 Å². The van der Waals surface area contributed by atoms with E-state index in [0.29, 0.717) is 24.9 Å². The first-order valence-corrected chi connectivity index (χ1v) is 7.64. The van der Waals surface area contributed by atoms with Crippen molar-refractivity contribution in [3.63, 3.8) is 0 Å². The first-order chi connectivity index (χ1) is 9.63. The highest BCUT2D eigenvalue weighted by Crippen LogP contribution is 2.14. The summed E-state index contributed by atoms with van der Waals surface area (Å²) in [4.78, 5) is 4.07. The molecule has 0 saturated carbocycles. The van der Waals surface area contributed by atoms with Crippen LogP contribution in [0.1, 0.15) is 17.8 Å². The Labute approximate surface area is 117 Å². The average Bonchev–Trinajstić information content (AvgIpc) is 2.97. The van der Waals surface area contributed by atoms with Crippen molar-refractivity contribution in [3.05, 3.63) is 42.0 Å². The maximum atomic E-state index is 12.1. The van der Waals surface area contributed by atoms with Crippen molar-refractivity contribution in [3.8, 4) is 0 Å². The summed E-state index contributed by atoms with van der Waals surface area (Å²) in [5.74, 6) is 0.722. The van der Waals surface area contributed by atoms with Gasteiger partial charge >= 0.3 is 0 Å². The molecule has 0 bridgehead atoms. The predicted molar refractivity (Wildman–Crippen MR) is 72.3 cm³/mol. The Balaban J connectivity index is 1.94. The van der Waals surface area contributed by atoms with Crippen molar-refractivity contribution >= 4 is 10.0 Å². The molecule has 2 aromatic rings. The summed E-state index contributed by atoms with van der Waals surface area (Å²) in [5.41, 5.74) is 0.384. The highest BCUT2D eigenvalue weighted by atomic mass is 32.2. The number of aliphatic hydroxyl groups excluding tert-OH is 1. The Kier molecular flexibility index (Phi) is 4.83. The van der Waals surface area contributed by atoms with E-state index >= 15 is 0 Å². The predicted octanol–water partition coefficient (Wildman–Crippen LogP) is 0.208. The molecule has 0 fully saturated rings. The van der Waals surface area contributed by atoms with Crippen LogP contribution in [0.15, 0.2) is 35.5 Å². The van der Waals surface area contributed by atoms with Crippen molar-refractivity contribution in [1.82, 2.24) is 19.9 Å². The average molecular weight is 296 g/mol. The maximum Gasteiger partial charge on any atom is 0.240 e. The molecular formula is C12H16N4O3S. The van der Waals surface area contributed by atoms with Gasteiger partial charge in [-0.2, -0.15) is 5.10 Å². The van der Waals surface area contributed by atoms with Gasteiger partial charge < -0.3 is 5.11 Å². The molecule has 1 aromatic heterocycles. The van der Waals surface area contributed by atoms with Gasteiger partial charge in [0.1, 0.15) is 12.2 Å². The van der Waals surface area contributed by atoms with Gasteiger partial charge in [0.25, 0.3) is 0 Å². The Hall–Kier alpha value is -1.77. The first kappa shape index (κ1) is 14.6. The van der Waals surface area contributed by atoms with E-state index in [4.69, 9.17) is 5.11 Å². The van der Waals surface area contributed by atoms with Gasteiger partial charge in [0, 0.05) is 13.0 Å².